The summed E-state index contributed by atoms with van der Waals surface area (Å²) in [7, 11) is 0. The molecule has 20 heavy (non-hydrogen) atoms. The number of carbonyl (C=O) groups excluding carboxylic acids is 1. The molecule has 3 rings (SSSR count). The standard InChI is InChI=1S/C15H11N3O2/c19-15(17-12-6-2-1-3-7-12)13-9-14(20-18-13)11-5-4-8-16-10-11/h1-10H,(H,17,19). The molecular weight excluding hydrogens is 254 g/mol. The van der Waals surface area contributed by atoms with Crippen LogP contribution in [-0.2, 0) is 0 Å². The highest BCUT2D eigenvalue weighted by molar-refractivity contribution is 6.03. The van der Waals surface area contributed by atoms with Crippen LogP contribution in [0.2, 0.25) is 0 Å². The molecule has 0 saturated heterocycles. The summed E-state index contributed by atoms with van der Waals surface area (Å²) in [4.78, 5) is 16.0. The van der Waals surface area contributed by atoms with Crippen molar-refractivity contribution in [2.45, 2.75) is 0 Å². The zero-order chi connectivity index (χ0) is 13.8. The smallest absolute Gasteiger partial charge is 0.277 e. The Morgan fingerprint density at radius 2 is 1.95 bits per heavy atom. The number of rotatable bonds is 3. The van der Waals surface area contributed by atoms with E-state index in [4.69, 9.17) is 4.52 Å². The van der Waals surface area contributed by atoms with Gasteiger partial charge in [-0.1, -0.05) is 23.4 Å². The molecule has 0 aliphatic carbocycles. The molecule has 1 amide bonds. The van der Waals surface area contributed by atoms with Crippen LogP contribution in [0.5, 0.6) is 0 Å². The van der Waals surface area contributed by atoms with Crippen molar-refractivity contribution in [3.63, 3.8) is 0 Å². The largest absolute Gasteiger partial charge is 0.355 e. The van der Waals surface area contributed by atoms with Crippen LogP contribution in [0.3, 0.4) is 0 Å². The van der Waals surface area contributed by atoms with Crippen molar-refractivity contribution in [3.05, 3.63) is 66.6 Å². The SMILES string of the molecule is O=C(Nc1ccccc1)c1cc(-c2cccnc2)on1. The molecule has 5 heteroatoms. The molecule has 0 atom stereocenters. The molecule has 2 heterocycles. The van der Waals surface area contributed by atoms with Crippen molar-refractivity contribution < 1.29 is 9.32 Å². The molecule has 1 N–H and O–H groups in total. The zero-order valence-electron chi connectivity index (χ0n) is 10.5. The van der Waals surface area contributed by atoms with Gasteiger partial charge in [0.15, 0.2) is 11.5 Å². The summed E-state index contributed by atoms with van der Waals surface area (Å²) in [6.07, 6.45) is 3.32. The Kier molecular flexibility index (Phi) is 3.24. The van der Waals surface area contributed by atoms with Gasteiger partial charge in [0.05, 0.1) is 0 Å². The van der Waals surface area contributed by atoms with Gasteiger partial charge in [-0.05, 0) is 24.3 Å². The van der Waals surface area contributed by atoms with Crippen molar-refractivity contribution in [3.8, 4) is 11.3 Å². The quantitative estimate of drug-likeness (QED) is 0.790. The first kappa shape index (κ1) is 12.1. The number of hydrogen-bond acceptors (Lipinski definition) is 4. The predicted molar refractivity (Wildman–Crippen MR) is 74.1 cm³/mol. The van der Waals surface area contributed by atoms with Gasteiger partial charge in [0.2, 0.25) is 0 Å². The summed E-state index contributed by atoms with van der Waals surface area (Å²) in [5, 5.41) is 6.52. The van der Waals surface area contributed by atoms with E-state index < -0.39 is 0 Å². The van der Waals surface area contributed by atoms with E-state index in [-0.39, 0.29) is 11.6 Å². The fourth-order valence-corrected chi connectivity index (χ4v) is 1.74. The third-order valence-corrected chi connectivity index (χ3v) is 2.72. The molecule has 0 aliphatic heterocycles. The Bertz CT molecular complexity index is 708. The van der Waals surface area contributed by atoms with E-state index in [9.17, 15) is 4.79 Å². The Morgan fingerprint density at radius 1 is 1.10 bits per heavy atom. The predicted octanol–water partition coefficient (Wildman–Crippen LogP) is 2.99. The Labute approximate surface area is 115 Å². The summed E-state index contributed by atoms with van der Waals surface area (Å²) in [6.45, 7) is 0. The highest BCUT2D eigenvalue weighted by Gasteiger charge is 2.13. The maximum Gasteiger partial charge on any atom is 0.277 e. The second kappa shape index (κ2) is 5.36. The van der Waals surface area contributed by atoms with Gasteiger partial charge in [0.25, 0.3) is 5.91 Å². The first-order valence-corrected chi connectivity index (χ1v) is 6.06. The number of pyridine rings is 1. The Hall–Kier alpha value is -2.95. The van der Waals surface area contributed by atoms with E-state index in [1.54, 1.807) is 36.7 Å². The normalized spacial score (nSPS) is 10.2. The van der Waals surface area contributed by atoms with Crippen molar-refractivity contribution in [2.24, 2.45) is 0 Å². The molecule has 2 aromatic heterocycles. The number of nitrogens with one attached hydrogen (secondary N) is 1. The van der Waals surface area contributed by atoms with Gasteiger partial charge in [-0.3, -0.25) is 9.78 Å². The van der Waals surface area contributed by atoms with Crippen LogP contribution in [0.1, 0.15) is 10.5 Å². The molecule has 0 unspecified atom stereocenters. The molecular formula is C15H11N3O2. The van der Waals surface area contributed by atoms with Gasteiger partial charge >= 0.3 is 0 Å². The second-order valence-corrected chi connectivity index (χ2v) is 4.14. The number of nitrogens with zero attached hydrogens (tertiary/aromatic N) is 2. The molecule has 0 radical (unpaired) electrons. The number of anilines is 1. The second-order valence-electron chi connectivity index (χ2n) is 4.14. The van der Waals surface area contributed by atoms with Crippen molar-refractivity contribution in [1.29, 1.82) is 0 Å². The Morgan fingerprint density at radius 3 is 2.70 bits per heavy atom. The Balaban J connectivity index is 1.79. The minimum Gasteiger partial charge on any atom is -0.355 e. The summed E-state index contributed by atoms with van der Waals surface area (Å²) >= 11 is 0. The maximum atomic E-state index is 12.0. The van der Waals surface area contributed by atoms with Gasteiger partial charge in [-0.2, -0.15) is 0 Å². The van der Waals surface area contributed by atoms with Crippen LogP contribution in [0.25, 0.3) is 11.3 Å². The number of amides is 1. The van der Waals surface area contributed by atoms with E-state index in [0.717, 1.165) is 5.56 Å². The number of aromatic nitrogens is 2. The van der Waals surface area contributed by atoms with Crippen molar-refractivity contribution >= 4 is 11.6 Å². The third kappa shape index (κ3) is 2.56. The summed E-state index contributed by atoms with van der Waals surface area (Å²) < 4.78 is 5.16. The van der Waals surface area contributed by atoms with E-state index in [1.807, 2.05) is 24.3 Å². The van der Waals surface area contributed by atoms with Gasteiger partial charge in [-0.15, -0.1) is 0 Å². The van der Waals surface area contributed by atoms with E-state index in [1.165, 1.54) is 0 Å². The molecule has 0 bridgehead atoms. The molecule has 0 aliphatic rings. The lowest BCUT2D eigenvalue weighted by molar-refractivity contribution is 0.101. The van der Waals surface area contributed by atoms with E-state index in [2.05, 4.69) is 15.5 Å². The molecule has 98 valence electrons. The lowest BCUT2D eigenvalue weighted by Gasteiger charge is -2.00. The van der Waals surface area contributed by atoms with Crippen LogP contribution in [0.4, 0.5) is 5.69 Å². The van der Waals surface area contributed by atoms with Crippen molar-refractivity contribution in [1.82, 2.24) is 10.1 Å². The number of carbonyl (C=O) groups is 1. The average molecular weight is 265 g/mol. The van der Waals surface area contributed by atoms with Gasteiger partial charge in [0.1, 0.15) is 0 Å². The lowest BCUT2D eigenvalue weighted by atomic mass is 10.2. The lowest BCUT2D eigenvalue weighted by Crippen LogP contribution is -2.11. The molecule has 0 fully saturated rings. The van der Waals surface area contributed by atoms with Crippen LogP contribution < -0.4 is 5.32 Å². The van der Waals surface area contributed by atoms with Crippen LogP contribution in [0, 0.1) is 0 Å². The first-order chi connectivity index (χ1) is 9.83. The minimum atomic E-state index is -0.310. The topological polar surface area (TPSA) is 68.0 Å². The highest BCUT2D eigenvalue weighted by Crippen LogP contribution is 2.19. The number of para-hydroxylation sites is 1. The average Bonchev–Trinajstić information content (AvgIpc) is 2.99. The molecule has 0 saturated carbocycles. The number of benzene rings is 1. The molecule has 3 aromatic rings. The maximum absolute atomic E-state index is 12.0. The molecule has 0 spiro atoms. The summed E-state index contributed by atoms with van der Waals surface area (Å²) in [6, 6.07) is 14.4. The molecule has 1 aromatic carbocycles. The summed E-state index contributed by atoms with van der Waals surface area (Å²) in [5.41, 5.74) is 1.72. The summed E-state index contributed by atoms with van der Waals surface area (Å²) in [5.74, 6) is 0.200. The van der Waals surface area contributed by atoms with Gasteiger partial charge in [0, 0.05) is 29.7 Å². The fraction of sp³-hybridized carbons (Fsp3) is 0. The third-order valence-electron chi connectivity index (χ3n) is 2.72. The van der Waals surface area contributed by atoms with Crippen LogP contribution in [-0.4, -0.2) is 16.0 Å². The van der Waals surface area contributed by atoms with Gasteiger partial charge < -0.3 is 9.84 Å². The minimum absolute atomic E-state index is 0.229. The van der Waals surface area contributed by atoms with Gasteiger partial charge in [-0.25, -0.2) is 0 Å². The van der Waals surface area contributed by atoms with E-state index in [0.29, 0.717) is 11.4 Å². The van der Waals surface area contributed by atoms with E-state index >= 15 is 0 Å². The fourth-order valence-electron chi connectivity index (χ4n) is 1.74. The first-order valence-electron chi connectivity index (χ1n) is 6.06. The highest BCUT2D eigenvalue weighted by atomic mass is 16.5. The monoisotopic (exact) mass is 265 g/mol. The van der Waals surface area contributed by atoms with Crippen LogP contribution in [0.15, 0.2) is 65.4 Å². The van der Waals surface area contributed by atoms with Crippen LogP contribution >= 0.6 is 0 Å². The van der Waals surface area contributed by atoms with Crippen molar-refractivity contribution in [2.75, 3.05) is 5.32 Å². The number of hydrogen-bond donors (Lipinski definition) is 1. The zero-order valence-corrected chi connectivity index (χ0v) is 10.5. The molecule has 5 nitrogen and oxygen atoms in total.